The number of carbonyl (C=O) groups is 1. The van der Waals surface area contributed by atoms with E-state index < -0.39 is 0 Å². The van der Waals surface area contributed by atoms with Crippen molar-refractivity contribution in [1.82, 2.24) is 9.80 Å². The first-order valence-electron chi connectivity index (χ1n) is 4.66. The van der Waals surface area contributed by atoms with Gasteiger partial charge in [-0.25, -0.2) is 4.79 Å². The molecule has 0 fully saturated rings. The Morgan fingerprint density at radius 3 is 2.31 bits per heavy atom. The van der Waals surface area contributed by atoms with Gasteiger partial charge in [-0.2, -0.15) is 0 Å². The minimum absolute atomic E-state index is 0.0713. The summed E-state index contributed by atoms with van der Waals surface area (Å²) < 4.78 is 4.93. The third kappa shape index (κ3) is 4.12. The molecule has 0 heterocycles. The lowest BCUT2D eigenvalue weighted by Crippen LogP contribution is -2.42. The maximum absolute atomic E-state index is 11.6. The van der Waals surface area contributed by atoms with E-state index in [1.165, 1.54) is 0 Å². The molecule has 4 heteroatoms. The van der Waals surface area contributed by atoms with Gasteiger partial charge in [-0.1, -0.05) is 0 Å². The van der Waals surface area contributed by atoms with Crippen molar-refractivity contribution in [3.05, 3.63) is 0 Å². The number of hydrogen-bond acceptors (Lipinski definition) is 2. The number of ether oxygens (including phenoxy) is 1. The molecule has 78 valence electrons. The fourth-order valence-electron chi connectivity index (χ4n) is 0.967. The molecular weight excluding hydrogens is 168 g/mol. The highest BCUT2D eigenvalue weighted by Crippen LogP contribution is 1.95. The van der Waals surface area contributed by atoms with E-state index in [1.807, 2.05) is 13.8 Å². The van der Waals surface area contributed by atoms with Gasteiger partial charge in [0.25, 0.3) is 0 Å². The number of nitrogens with zero attached hydrogens (tertiary/aromatic N) is 2. The van der Waals surface area contributed by atoms with Gasteiger partial charge in [0.1, 0.15) is 0 Å². The predicted octanol–water partition coefficient (Wildman–Crippen LogP) is 1.03. The minimum atomic E-state index is 0.0713. The molecule has 0 aliphatic carbocycles. The lowest BCUT2D eigenvalue weighted by atomic mass is 10.5. The number of likely N-dealkylation sites (N-methyl/N-ethyl adjacent to an activating group) is 1. The van der Waals surface area contributed by atoms with Crippen molar-refractivity contribution in [1.29, 1.82) is 0 Å². The summed E-state index contributed by atoms with van der Waals surface area (Å²) in [7, 11) is 3.44. The van der Waals surface area contributed by atoms with E-state index in [9.17, 15) is 4.79 Å². The van der Waals surface area contributed by atoms with E-state index in [0.717, 1.165) is 13.1 Å². The lowest BCUT2D eigenvalue weighted by Gasteiger charge is -2.26. The highest BCUT2D eigenvalue weighted by molar-refractivity contribution is 5.74. The van der Waals surface area contributed by atoms with Crippen LogP contribution >= 0.6 is 0 Å². The molecule has 0 atom stereocenters. The van der Waals surface area contributed by atoms with Crippen molar-refractivity contribution >= 4 is 6.03 Å². The van der Waals surface area contributed by atoms with Crippen LogP contribution in [0.25, 0.3) is 0 Å². The molecule has 0 unspecified atom stereocenters. The number of hydrogen-bond donors (Lipinski definition) is 0. The Morgan fingerprint density at radius 1 is 1.31 bits per heavy atom. The highest BCUT2D eigenvalue weighted by Gasteiger charge is 2.13. The maximum Gasteiger partial charge on any atom is 0.319 e. The standard InChI is InChI=1S/C9H20N2O2/c1-5-10(3)9(12)11(6-2)7-8-13-4/h5-8H2,1-4H3. The molecule has 0 aromatic rings. The molecule has 0 aromatic heterocycles. The molecule has 0 aliphatic rings. The molecule has 0 radical (unpaired) electrons. The van der Waals surface area contributed by atoms with Crippen LogP contribution < -0.4 is 0 Å². The van der Waals surface area contributed by atoms with Crippen LogP contribution in [0, 0.1) is 0 Å². The van der Waals surface area contributed by atoms with Crippen LogP contribution in [0.5, 0.6) is 0 Å². The second-order valence-electron chi connectivity index (χ2n) is 2.87. The number of amides is 2. The molecule has 0 rings (SSSR count). The number of urea groups is 1. The van der Waals surface area contributed by atoms with Gasteiger partial charge < -0.3 is 14.5 Å². The summed E-state index contributed by atoms with van der Waals surface area (Å²) in [5.41, 5.74) is 0. The molecule has 0 bridgehead atoms. The van der Waals surface area contributed by atoms with Gasteiger partial charge in [-0.15, -0.1) is 0 Å². The molecule has 4 nitrogen and oxygen atoms in total. The zero-order chi connectivity index (χ0) is 10.3. The molecule has 2 amide bonds. The first-order valence-corrected chi connectivity index (χ1v) is 4.66. The van der Waals surface area contributed by atoms with Crippen LogP contribution in [-0.4, -0.2) is 56.2 Å². The summed E-state index contributed by atoms with van der Waals surface area (Å²) >= 11 is 0. The Bertz CT molecular complexity index is 151. The Labute approximate surface area is 80.5 Å². The second kappa shape index (κ2) is 6.71. The Hall–Kier alpha value is -0.770. The highest BCUT2D eigenvalue weighted by atomic mass is 16.5. The quantitative estimate of drug-likeness (QED) is 0.645. The van der Waals surface area contributed by atoms with Crippen LogP contribution in [0.4, 0.5) is 4.79 Å². The smallest absolute Gasteiger partial charge is 0.319 e. The molecule has 13 heavy (non-hydrogen) atoms. The van der Waals surface area contributed by atoms with Crippen molar-refractivity contribution in [3.63, 3.8) is 0 Å². The molecule has 0 spiro atoms. The summed E-state index contributed by atoms with van der Waals surface area (Å²) in [5, 5.41) is 0. The second-order valence-corrected chi connectivity index (χ2v) is 2.87. The summed E-state index contributed by atoms with van der Waals surface area (Å²) in [6.45, 7) is 6.65. The Morgan fingerprint density at radius 2 is 1.92 bits per heavy atom. The Balaban J connectivity index is 3.98. The third-order valence-corrected chi connectivity index (χ3v) is 2.02. The fourth-order valence-corrected chi connectivity index (χ4v) is 0.967. The summed E-state index contributed by atoms with van der Waals surface area (Å²) in [6, 6.07) is 0.0713. The molecule has 0 aromatic carbocycles. The number of carbonyl (C=O) groups excluding carboxylic acids is 1. The van der Waals surface area contributed by atoms with E-state index in [-0.39, 0.29) is 6.03 Å². The maximum atomic E-state index is 11.6. The van der Waals surface area contributed by atoms with Crippen LogP contribution in [0.15, 0.2) is 0 Å². The van der Waals surface area contributed by atoms with E-state index >= 15 is 0 Å². The van der Waals surface area contributed by atoms with Crippen LogP contribution in [0.3, 0.4) is 0 Å². The van der Waals surface area contributed by atoms with Gasteiger partial charge >= 0.3 is 6.03 Å². The van der Waals surface area contributed by atoms with Crippen molar-refractivity contribution in [2.45, 2.75) is 13.8 Å². The third-order valence-electron chi connectivity index (χ3n) is 2.02. The SMILES string of the molecule is CCN(C)C(=O)N(CC)CCOC. The molecule has 0 N–H and O–H groups in total. The van der Waals surface area contributed by atoms with E-state index in [1.54, 1.807) is 24.0 Å². The van der Waals surface area contributed by atoms with Gasteiger partial charge in [0.15, 0.2) is 0 Å². The van der Waals surface area contributed by atoms with Crippen molar-refractivity contribution < 1.29 is 9.53 Å². The number of methoxy groups -OCH3 is 1. The van der Waals surface area contributed by atoms with Crippen molar-refractivity contribution in [2.75, 3.05) is 40.4 Å². The van der Waals surface area contributed by atoms with Gasteiger partial charge in [0.2, 0.25) is 0 Å². The molecule has 0 saturated heterocycles. The zero-order valence-corrected chi connectivity index (χ0v) is 9.04. The average molecular weight is 188 g/mol. The van der Waals surface area contributed by atoms with E-state index in [2.05, 4.69) is 0 Å². The first-order chi connectivity index (χ1) is 6.17. The van der Waals surface area contributed by atoms with E-state index in [0.29, 0.717) is 13.2 Å². The molecule has 0 saturated carbocycles. The van der Waals surface area contributed by atoms with Crippen molar-refractivity contribution in [2.24, 2.45) is 0 Å². The average Bonchev–Trinajstić information content (AvgIpc) is 2.17. The molecule has 0 aliphatic heterocycles. The minimum Gasteiger partial charge on any atom is -0.383 e. The van der Waals surface area contributed by atoms with Gasteiger partial charge in [-0.05, 0) is 13.8 Å². The zero-order valence-electron chi connectivity index (χ0n) is 9.04. The summed E-state index contributed by atoms with van der Waals surface area (Å²) in [4.78, 5) is 15.1. The summed E-state index contributed by atoms with van der Waals surface area (Å²) in [6.07, 6.45) is 0. The number of rotatable bonds is 5. The monoisotopic (exact) mass is 188 g/mol. The van der Waals surface area contributed by atoms with Crippen LogP contribution in [0.2, 0.25) is 0 Å². The first kappa shape index (κ1) is 12.2. The van der Waals surface area contributed by atoms with E-state index in [4.69, 9.17) is 4.74 Å². The fraction of sp³-hybridized carbons (Fsp3) is 0.889. The summed E-state index contributed by atoms with van der Waals surface area (Å²) in [5.74, 6) is 0. The largest absolute Gasteiger partial charge is 0.383 e. The van der Waals surface area contributed by atoms with Crippen LogP contribution in [-0.2, 0) is 4.74 Å². The van der Waals surface area contributed by atoms with Gasteiger partial charge in [0.05, 0.1) is 6.61 Å². The predicted molar refractivity (Wildman–Crippen MR) is 52.8 cm³/mol. The lowest BCUT2D eigenvalue weighted by molar-refractivity contribution is 0.134. The Kier molecular flexibility index (Phi) is 6.32. The molecular formula is C9H20N2O2. The van der Waals surface area contributed by atoms with Gasteiger partial charge in [0, 0.05) is 33.8 Å². The van der Waals surface area contributed by atoms with Crippen LogP contribution in [0.1, 0.15) is 13.8 Å². The van der Waals surface area contributed by atoms with Crippen molar-refractivity contribution in [3.8, 4) is 0 Å². The van der Waals surface area contributed by atoms with Gasteiger partial charge in [-0.3, -0.25) is 0 Å². The topological polar surface area (TPSA) is 32.8 Å². The normalized spacial score (nSPS) is 9.85.